The lowest BCUT2D eigenvalue weighted by atomic mass is 10.0. The number of ether oxygens (including phenoxy) is 3. The molecule has 0 saturated carbocycles. The first-order chi connectivity index (χ1) is 15.4. The van der Waals surface area contributed by atoms with Crippen molar-refractivity contribution in [3.63, 3.8) is 0 Å². The van der Waals surface area contributed by atoms with E-state index in [9.17, 15) is 15.2 Å². The second kappa shape index (κ2) is 8.79. The summed E-state index contributed by atoms with van der Waals surface area (Å²) in [5, 5.41) is 19.8. The quantitative estimate of drug-likeness (QED) is 0.607. The van der Waals surface area contributed by atoms with E-state index in [1.807, 2.05) is 30.3 Å². The van der Waals surface area contributed by atoms with Gasteiger partial charge in [0.25, 0.3) is 0 Å². The second-order valence-electron chi connectivity index (χ2n) is 7.82. The molecule has 1 saturated heterocycles. The molecule has 2 atom stereocenters. The largest absolute Gasteiger partial charge is 0.478 e. The standard InChI is InChI=1S/C25H22N2O5/c1-25(2)30-15-21(32-25)18-13-20(16-9-5-3-6-10-16)27-23(19(18)14-26)31-22(24(28)29)17-11-7-4-8-12-17/h3-13,21-22H,15H2,1-2H3,(H,28,29). The van der Waals surface area contributed by atoms with Crippen LogP contribution in [-0.2, 0) is 14.3 Å². The van der Waals surface area contributed by atoms with Gasteiger partial charge in [0.05, 0.1) is 12.3 Å². The normalized spacial score (nSPS) is 18.0. The van der Waals surface area contributed by atoms with Gasteiger partial charge in [-0.25, -0.2) is 9.78 Å². The third-order valence-electron chi connectivity index (χ3n) is 5.11. The van der Waals surface area contributed by atoms with Crippen LogP contribution in [0.2, 0.25) is 0 Å². The maximum Gasteiger partial charge on any atom is 0.349 e. The Morgan fingerprint density at radius 1 is 1.19 bits per heavy atom. The Hall–Kier alpha value is -3.73. The fraction of sp³-hybridized carbons (Fsp3) is 0.240. The summed E-state index contributed by atoms with van der Waals surface area (Å²) in [6.07, 6.45) is -1.85. The van der Waals surface area contributed by atoms with Crippen molar-refractivity contribution >= 4 is 5.97 Å². The molecule has 3 aromatic rings. The van der Waals surface area contributed by atoms with Gasteiger partial charge in [-0.2, -0.15) is 5.26 Å². The van der Waals surface area contributed by atoms with Crippen LogP contribution >= 0.6 is 0 Å². The number of hydrogen-bond acceptors (Lipinski definition) is 6. The number of carboxylic acid groups (broad SMARTS) is 1. The monoisotopic (exact) mass is 430 g/mol. The van der Waals surface area contributed by atoms with Crippen molar-refractivity contribution in [1.82, 2.24) is 4.98 Å². The molecule has 7 nitrogen and oxygen atoms in total. The summed E-state index contributed by atoms with van der Waals surface area (Å²) < 4.78 is 17.6. The van der Waals surface area contributed by atoms with E-state index in [4.69, 9.17) is 14.2 Å². The molecule has 0 bridgehead atoms. The molecule has 1 N–H and O–H groups in total. The fourth-order valence-electron chi connectivity index (χ4n) is 3.59. The minimum atomic E-state index is -1.33. The van der Waals surface area contributed by atoms with E-state index in [2.05, 4.69) is 11.1 Å². The van der Waals surface area contributed by atoms with E-state index < -0.39 is 24.0 Å². The van der Waals surface area contributed by atoms with Gasteiger partial charge in [-0.3, -0.25) is 0 Å². The average Bonchev–Trinajstić information content (AvgIpc) is 3.17. The molecule has 1 fully saturated rings. The average molecular weight is 430 g/mol. The third kappa shape index (κ3) is 4.47. The molecule has 0 amide bonds. The van der Waals surface area contributed by atoms with Gasteiger partial charge in [0.1, 0.15) is 17.7 Å². The topological polar surface area (TPSA) is 102 Å². The zero-order valence-corrected chi connectivity index (χ0v) is 17.7. The van der Waals surface area contributed by atoms with Crippen molar-refractivity contribution in [1.29, 1.82) is 5.26 Å². The first kappa shape index (κ1) is 21.5. The lowest BCUT2D eigenvalue weighted by Crippen LogP contribution is -2.21. The molecular weight excluding hydrogens is 408 g/mol. The van der Waals surface area contributed by atoms with Crippen molar-refractivity contribution in [2.45, 2.75) is 31.8 Å². The third-order valence-corrected chi connectivity index (χ3v) is 5.11. The Labute approximate surface area is 185 Å². The number of hydrogen-bond donors (Lipinski definition) is 1. The van der Waals surface area contributed by atoms with E-state index in [1.165, 1.54) is 0 Å². The van der Waals surface area contributed by atoms with Crippen molar-refractivity contribution in [3.8, 4) is 23.2 Å². The van der Waals surface area contributed by atoms with Gasteiger partial charge >= 0.3 is 5.97 Å². The number of aliphatic carboxylic acids is 1. The molecule has 0 radical (unpaired) electrons. The first-order valence-corrected chi connectivity index (χ1v) is 10.1. The van der Waals surface area contributed by atoms with Gasteiger partial charge in [-0.05, 0) is 19.9 Å². The highest BCUT2D eigenvalue weighted by atomic mass is 16.7. The number of rotatable bonds is 6. The van der Waals surface area contributed by atoms with Crippen LogP contribution < -0.4 is 4.74 Å². The van der Waals surface area contributed by atoms with Crippen LogP contribution in [-0.4, -0.2) is 28.5 Å². The fourth-order valence-corrected chi connectivity index (χ4v) is 3.59. The molecule has 4 rings (SSSR count). The maximum atomic E-state index is 12.0. The molecule has 2 aromatic carbocycles. The number of pyridine rings is 1. The lowest BCUT2D eigenvalue weighted by molar-refractivity contribution is -0.145. The van der Waals surface area contributed by atoms with Gasteiger partial charge in [0, 0.05) is 16.7 Å². The van der Waals surface area contributed by atoms with Gasteiger partial charge in [0.15, 0.2) is 5.79 Å². The van der Waals surface area contributed by atoms with Gasteiger partial charge in [-0.1, -0.05) is 60.7 Å². The van der Waals surface area contributed by atoms with Crippen LogP contribution in [0.1, 0.15) is 42.7 Å². The SMILES string of the molecule is CC1(C)OCC(c2cc(-c3ccccc3)nc(OC(C(=O)O)c3ccccc3)c2C#N)O1. The Morgan fingerprint density at radius 2 is 1.84 bits per heavy atom. The highest BCUT2D eigenvalue weighted by Gasteiger charge is 2.36. The van der Waals surface area contributed by atoms with E-state index in [0.29, 0.717) is 16.8 Å². The molecule has 0 spiro atoms. The summed E-state index contributed by atoms with van der Waals surface area (Å²) in [5.74, 6) is -2.05. The van der Waals surface area contributed by atoms with Crippen LogP contribution in [0.5, 0.6) is 5.88 Å². The predicted octanol–water partition coefficient (Wildman–Crippen LogP) is 4.65. The van der Waals surface area contributed by atoms with Crippen LogP contribution in [0.25, 0.3) is 11.3 Å². The smallest absolute Gasteiger partial charge is 0.349 e. The maximum absolute atomic E-state index is 12.0. The Morgan fingerprint density at radius 3 is 2.41 bits per heavy atom. The van der Waals surface area contributed by atoms with Crippen molar-refractivity contribution in [2.75, 3.05) is 6.61 Å². The number of nitrogens with zero attached hydrogens (tertiary/aromatic N) is 2. The number of nitriles is 1. The van der Waals surface area contributed by atoms with Crippen LogP contribution in [0.3, 0.4) is 0 Å². The highest BCUT2D eigenvalue weighted by Crippen LogP contribution is 2.39. The Kier molecular flexibility index (Phi) is 5.91. The van der Waals surface area contributed by atoms with Crippen molar-refractivity contribution in [2.24, 2.45) is 0 Å². The molecule has 2 unspecified atom stereocenters. The molecule has 1 aliphatic rings. The minimum Gasteiger partial charge on any atom is -0.478 e. The van der Waals surface area contributed by atoms with E-state index in [1.54, 1.807) is 50.2 Å². The summed E-state index contributed by atoms with van der Waals surface area (Å²) in [6, 6.07) is 21.8. The Balaban J connectivity index is 1.84. The van der Waals surface area contributed by atoms with Crippen LogP contribution in [0.15, 0.2) is 66.7 Å². The van der Waals surface area contributed by atoms with Crippen molar-refractivity contribution < 1.29 is 24.1 Å². The number of carbonyl (C=O) groups is 1. The van der Waals surface area contributed by atoms with Gasteiger partial charge in [-0.15, -0.1) is 0 Å². The molecule has 162 valence electrons. The second-order valence-corrected chi connectivity index (χ2v) is 7.82. The van der Waals surface area contributed by atoms with Gasteiger partial charge in [0.2, 0.25) is 12.0 Å². The Bertz CT molecular complexity index is 1160. The predicted molar refractivity (Wildman–Crippen MR) is 116 cm³/mol. The molecular formula is C25H22N2O5. The van der Waals surface area contributed by atoms with E-state index in [0.717, 1.165) is 5.56 Å². The summed E-state index contributed by atoms with van der Waals surface area (Å²) >= 11 is 0. The minimum absolute atomic E-state index is 0.0617. The summed E-state index contributed by atoms with van der Waals surface area (Å²) in [5.41, 5.74) is 2.45. The lowest BCUT2D eigenvalue weighted by Gasteiger charge is -2.21. The van der Waals surface area contributed by atoms with E-state index >= 15 is 0 Å². The summed E-state index contributed by atoms with van der Waals surface area (Å²) in [4.78, 5) is 16.5. The van der Waals surface area contributed by atoms with E-state index in [-0.39, 0.29) is 18.1 Å². The van der Waals surface area contributed by atoms with Crippen LogP contribution in [0.4, 0.5) is 0 Å². The molecule has 2 heterocycles. The van der Waals surface area contributed by atoms with Gasteiger partial charge < -0.3 is 19.3 Å². The van der Waals surface area contributed by atoms with Crippen molar-refractivity contribution in [3.05, 3.63) is 83.4 Å². The number of carboxylic acids is 1. The molecule has 32 heavy (non-hydrogen) atoms. The molecule has 0 aliphatic carbocycles. The zero-order chi connectivity index (χ0) is 22.7. The van der Waals surface area contributed by atoms with Crippen LogP contribution in [0, 0.1) is 11.3 Å². The summed E-state index contributed by atoms with van der Waals surface area (Å²) in [6.45, 7) is 3.84. The molecule has 1 aliphatic heterocycles. The molecule has 1 aromatic heterocycles. The highest BCUT2D eigenvalue weighted by molar-refractivity contribution is 5.75. The zero-order valence-electron chi connectivity index (χ0n) is 17.7. The first-order valence-electron chi connectivity index (χ1n) is 10.1. The number of benzene rings is 2. The summed E-state index contributed by atoms with van der Waals surface area (Å²) in [7, 11) is 0. The molecule has 7 heteroatoms. The number of aromatic nitrogens is 1.